The molecule has 9 heteroatoms. The summed E-state index contributed by atoms with van der Waals surface area (Å²) in [6.07, 6.45) is 0.755. The van der Waals surface area contributed by atoms with Crippen molar-refractivity contribution >= 4 is 28.0 Å². The van der Waals surface area contributed by atoms with Crippen LogP contribution < -0.4 is 9.04 Å². The van der Waals surface area contributed by atoms with Gasteiger partial charge in [0.15, 0.2) is 0 Å². The number of nitrogens with zero attached hydrogens (tertiary/aromatic N) is 3. The van der Waals surface area contributed by atoms with E-state index in [1.54, 1.807) is 46.2 Å². The number of piperazine rings is 1. The number of rotatable bonds is 7. The van der Waals surface area contributed by atoms with Gasteiger partial charge in [-0.3, -0.25) is 13.9 Å². The molecule has 1 fully saturated rings. The average molecular weight is 432 g/mol. The van der Waals surface area contributed by atoms with E-state index in [1.807, 2.05) is 6.92 Å². The zero-order valence-electron chi connectivity index (χ0n) is 17.0. The van der Waals surface area contributed by atoms with Crippen molar-refractivity contribution in [3.05, 3.63) is 54.1 Å². The second-order valence-electron chi connectivity index (χ2n) is 7.02. The third-order valence-electron chi connectivity index (χ3n) is 5.06. The Bertz CT molecular complexity index is 1000. The van der Waals surface area contributed by atoms with Crippen molar-refractivity contribution in [2.45, 2.75) is 11.8 Å². The lowest BCUT2D eigenvalue weighted by atomic mass is 10.2. The molecule has 2 amide bonds. The molecule has 0 spiro atoms. The fraction of sp³-hybridized carbons (Fsp3) is 0.333. The number of ether oxygens (including phenoxy) is 1. The first-order chi connectivity index (χ1) is 14.4. The molecule has 3 rings (SSSR count). The van der Waals surface area contributed by atoms with Crippen molar-refractivity contribution in [1.29, 1.82) is 0 Å². The molecular formula is C21H25N3O5S. The molecule has 8 nitrogen and oxygen atoms in total. The quantitative estimate of drug-likeness (QED) is 0.620. The number of carbonyl (C=O) groups excluding carboxylic acids is 2. The van der Waals surface area contributed by atoms with Gasteiger partial charge in [-0.25, -0.2) is 8.42 Å². The Labute approximate surface area is 176 Å². The largest absolute Gasteiger partial charge is 0.495 e. The van der Waals surface area contributed by atoms with Crippen LogP contribution in [0.1, 0.15) is 5.56 Å². The summed E-state index contributed by atoms with van der Waals surface area (Å²) in [4.78, 5) is 27.1. The molecule has 0 aromatic heterocycles. The van der Waals surface area contributed by atoms with Gasteiger partial charge in [0.05, 0.1) is 17.7 Å². The van der Waals surface area contributed by atoms with Crippen molar-refractivity contribution in [2.75, 3.05) is 44.1 Å². The fourth-order valence-electron chi connectivity index (χ4n) is 3.27. The number of anilines is 1. The van der Waals surface area contributed by atoms with Crippen LogP contribution in [-0.2, 0) is 19.6 Å². The summed E-state index contributed by atoms with van der Waals surface area (Å²) in [5.74, 6) is 0.0221. The summed E-state index contributed by atoms with van der Waals surface area (Å²) in [6, 6.07) is 13.2. The van der Waals surface area contributed by atoms with Crippen LogP contribution in [0, 0.1) is 6.92 Å². The molecule has 1 aliphatic heterocycles. The topological polar surface area (TPSA) is 87.2 Å². The summed E-state index contributed by atoms with van der Waals surface area (Å²) in [5.41, 5.74) is 1.22. The molecule has 2 aromatic rings. The van der Waals surface area contributed by atoms with Crippen molar-refractivity contribution in [3.8, 4) is 5.75 Å². The van der Waals surface area contributed by atoms with Gasteiger partial charge in [-0.05, 0) is 31.2 Å². The number of carbonyl (C=O) groups is 2. The number of hydrogen-bond donors (Lipinski definition) is 0. The molecule has 2 aromatic carbocycles. The highest BCUT2D eigenvalue weighted by Crippen LogP contribution is 2.32. The Morgan fingerprint density at radius 1 is 1.07 bits per heavy atom. The fourth-order valence-corrected chi connectivity index (χ4v) is 4.70. The standard InChI is InChI=1S/C21H25N3O5S/c1-17-7-9-18(10-8-17)30(27,28)24(19-5-3-4-6-20(19)29-2)15-21(26)23-13-11-22(16-25)12-14-23/h3-10,16H,11-15H2,1-2H3. The van der Waals surface area contributed by atoms with Gasteiger partial charge in [0, 0.05) is 26.2 Å². The number of benzene rings is 2. The minimum Gasteiger partial charge on any atom is -0.495 e. The summed E-state index contributed by atoms with van der Waals surface area (Å²) < 4.78 is 33.4. The van der Waals surface area contributed by atoms with E-state index in [9.17, 15) is 18.0 Å². The van der Waals surface area contributed by atoms with Gasteiger partial charge in [0.1, 0.15) is 12.3 Å². The maximum atomic E-state index is 13.5. The number of para-hydroxylation sites is 2. The van der Waals surface area contributed by atoms with Crippen LogP contribution >= 0.6 is 0 Å². The van der Waals surface area contributed by atoms with Gasteiger partial charge in [0.25, 0.3) is 10.0 Å². The second kappa shape index (κ2) is 9.17. The number of hydrogen-bond acceptors (Lipinski definition) is 5. The molecule has 0 bridgehead atoms. The highest BCUT2D eigenvalue weighted by molar-refractivity contribution is 7.92. The highest BCUT2D eigenvalue weighted by atomic mass is 32.2. The zero-order chi connectivity index (χ0) is 21.7. The Morgan fingerprint density at radius 3 is 2.30 bits per heavy atom. The van der Waals surface area contributed by atoms with E-state index in [0.717, 1.165) is 16.3 Å². The van der Waals surface area contributed by atoms with E-state index in [1.165, 1.54) is 19.2 Å². The van der Waals surface area contributed by atoms with E-state index in [4.69, 9.17) is 4.74 Å². The van der Waals surface area contributed by atoms with E-state index >= 15 is 0 Å². The Hall–Kier alpha value is -3.07. The normalized spacial score (nSPS) is 14.3. The highest BCUT2D eigenvalue weighted by Gasteiger charge is 2.31. The molecule has 160 valence electrons. The molecule has 0 N–H and O–H groups in total. The van der Waals surface area contributed by atoms with Crippen LogP contribution in [0.4, 0.5) is 5.69 Å². The van der Waals surface area contributed by atoms with E-state index < -0.39 is 10.0 Å². The molecule has 30 heavy (non-hydrogen) atoms. The van der Waals surface area contributed by atoms with Gasteiger partial charge < -0.3 is 14.5 Å². The number of amides is 2. The van der Waals surface area contributed by atoms with Crippen LogP contribution in [0.5, 0.6) is 5.75 Å². The van der Waals surface area contributed by atoms with Gasteiger partial charge >= 0.3 is 0 Å². The Kier molecular flexibility index (Phi) is 6.61. The van der Waals surface area contributed by atoms with Gasteiger partial charge in [0.2, 0.25) is 12.3 Å². The molecular weight excluding hydrogens is 406 g/mol. The SMILES string of the molecule is COc1ccccc1N(CC(=O)N1CCN(C=O)CC1)S(=O)(=O)c1ccc(C)cc1. The number of methoxy groups -OCH3 is 1. The number of sulfonamides is 1. The van der Waals surface area contributed by atoms with E-state index in [2.05, 4.69) is 0 Å². The molecule has 1 aliphatic rings. The second-order valence-corrected chi connectivity index (χ2v) is 8.88. The van der Waals surface area contributed by atoms with Gasteiger partial charge in [-0.1, -0.05) is 29.8 Å². The van der Waals surface area contributed by atoms with Crippen LogP contribution in [0.25, 0.3) is 0 Å². The average Bonchev–Trinajstić information content (AvgIpc) is 2.77. The molecule has 0 atom stereocenters. The van der Waals surface area contributed by atoms with E-state index in [-0.39, 0.29) is 17.3 Å². The van der Waals surface area contributed by atoms with Crippen molar-refractivity contribution < 1.29 is 22.7 Å². The predicted molar refractivity (Wildman–Crippen MR) is 113 cm³/mol. The molecule has 0 radical (unpaired) electrons. The lowest BCUT2D eigenvalue weighted by Crippen LogP contribution is -2.51. The molecule has 1 heterocycles. The van der Waals surface area contributed by atoms with Gasteiger partial charge in [-0.2, -0.15) is 0 Å². The minimum atomic E-state index is -4.01. The summed E-state index contributed by atoms with van der Waals surface area (Å²) in [6.45, 7) is 3.08. The Morgan fingerprint density at radius 2 is 1.70 bits per heavy atom. The summed E-state index contributed by atoms with van der Waals surface area (Å²) in [5, 5.41) is 0. The molecule has 0 saturated carbocycles. The lowest BCUT2D eigenvalue weighted by Gasteiger charge is -2.34. The van der Waals surface area contributed by atoms with Crippen LogP contribution in [0.15, 0.2) is 53.4 Å². The van der Waals surface area contributed by atoms with Crippen molar-refractivity contribution in [3.63, 3.8) is 0 Å². The molecule has 1 saturated heterocycles. The smallest absolute Gasteiger partial charge is 0.264 e. The van der Waals surface area contributed by atoms with Crippen LogP contribution in [-0.4, -0.2) is 70.4 Å². The first-order valence-corrected chi connectivity index (χ1v) is 11.0. The van der Waals surface area contributed by atoms with Crippen molar-refractivity contribution in [2.24, 2.45) is 0 Å². The van der Waals surface area contributed by atoms with Crippen molar-refractivity contribution in [1.82, 2.24) is 9.80 Å². The lowest BCUT2D eigenvalue weighted by molar-refractivity contribution is -0.133. The maximum absolute atomic E-state index is 13.5. The molecule has 0 unspecified atom stereocenters. The Balaban J connectivity index is 1.95. The first-order valence-electron chi connectivity index (χ1n) is 9.56. The minimum absolute atomic E-state index is 0.0950. The summed E-state index contributed by atoms with van der Waals surface area (Å²) in [7, 11) is -2.56. The molecule has 0 aliphatic carbocycles. The van der Waals surface area contributed by atoms with Crippen LogP contribution in [0.2, 0.25) is 0 Å². The third-order valence-corrected chi connectivity index (χ3v) is 6.83. The summed E-state index contributed by atoms with van der Waals surface area (Å²) >= 11 is 0. The zero-order valence-corrected chi connectivity index (χ0v) is 17.8. The monoisotopic (exact) mass is 431 g/mol. The first kappa shape index (κ1) is 21.6. The van der Waals surface area contributed by atoms with Gasteiger partial charge in [-0.15, -0.1) is 0 Å². The van der Waals surface area contributed by atoms with E-state index in [0.29, 0.717) is 37.6 Å². The van der Waals surface area contributed by atoms with Crippen LogP contribution in [0.3, 0.4) is 0 Å². The maximum Gasteiger partial charge on any atom is 0.264 e. The predicted octanol–water partition coefficient (Wildman–Crippen LogP) is 1.50. The third kappa shape index (κ3) is 4.56. The number of aryl methyl sites for hydroxylation is 1.